The van der Waals surface area contributed by atoms with E-state index in [0.717, 1.165) is 17.7 Å². The maximum absolute atomic E-state index is 12.8. The number of hydrogen-bond donors (Lipinski definition) is 2. The maximum Gasteiger partial charge on any atom is 0.416 e. The van der Waals surface area contributed by atoms with E-state index < -0.39 is 17.6 Å². The normalized spacial score (nSPS) is 11.0. The molecular weight excluding hydrogens is 381 g/mol. The summed E-state index contributed by atoms with van der Waals surface area (Å²) in [6, 6.07) is 19.8. The molecule has 3 aromatic rings. The zero-order valence-electron chi connectivity index (χ0n) is 15.2. The summed E-state index contributed by atoms with van der Waals surface area (Å²) in [5, 5.41) is 5.15. The molecule has 0 atom stereocenters. The first kappa shape index (κ1) is 20.1. The summed E-state index contributed by atoms with van der Waals surface area (Å²) in [6.07, 6.45) is -4.31. The van der Waals surface area contributed by atoms with E-state index >= 15 is 0 Å². The molecule has 0 spiro atoms. The van der Waals surface area contributed by atoms with E-state index in [9.17, 15) is 22.8 Å². The van der Waals surface area contributed by atoms with E-state index in [4.69, 9.17) is 0 Å². The minimum Gasteiger partial charge on any atom is -0.326 e. The first-order chi connectivity index (χ1) is 13.8. The zero-order valence-corrected chi connectivity index (χ0v) is 15.2. The van der Waals surface area contributed by atoms with Crippen LogP contribution in [0.3, 0.4) is 0 Å². The Morgan fingerprint density at radius 3 is 2.10 bits per heavy atom. The fourth-order valence-corrected chi connectivity index (χ4v) is 2.70. The Balaban J connectivity index is 1.67. The predicted octanol–water partition coefficient (Wildman–Crippen LogP) is 5.14. The highest BCUT2D eigenvalue weighted by molar-refractivity contribution is 6.05. The number of rotatable bonds is 5. The van der Waals surface area contributed by atoms with Gasteiger partial charge in [-0.05, 0) is 42.0 Å². The van der Waals surface area contributed by atoms with Crippen molar-refractivity contribution in [2.24, 2.45) is 0 Å². The van der Waals surface area contributed by atoms with Gasteiger partial charge in [-0.15, -0.1) is 0 Å². The van der Waals surface area contributed by atoms with Crippen LogP contribution < -0.4 is 10.6 Å². The minimum absolute atomic E-state index is 0.0309. The summed E-state index contributed by atoms with van der Waals surface area (Å²) in [6.45, 7) is 0. The molecule has 148 valence electrons. The van der Waals surface area contributed by atoms with Gasteiger partial charge in [0.25, 0.3) is 5.91 Å². The Morgan fingerprint density at radius 1 is 0.759 bits per heavy atom. The van der Waals surface area contributed by atoms with Gasteiger partial charge in [-0.25, -0.2) is 0 Å². The van der Waals surface area contributed by atoms with Crippen molar-refractivity contribution in [1.29, 1.82) is 0 Å². The van der Waals surface area contributed by atoms with Crippen molar-refractivity contribution in [3.05, 3.63) is 95.6 Å². The molecule has 0 aliphatic carbocycles. The molecule has 0 heterocycles. The van der Waals surface area contributed by atoms with E-state index in [-0.39, 0.29) is 23.6 Å². The van der Waals surface area contributed by atoms with Gasteiger partial charge in [0.2, 0.25) is 5.91 Å². The number of benzene rings is 3. The van der Waals surface area contributed by atoms with Crippen LogP contribution in [-0.4, -0.2) is 11.8 Å². The quantitative estimate of drug-likeness (QED) is 0.625. The Bertz CT molecular complexity index is 1020. The largest absolute Gasteiger partial charge is 0.416 e. The minimum atomic E-state index is -4.50. The molecule has 0 fully saturated rings. The van der Waals surface area contributed by atoms with Gasteiger partial charge in [-0.2, -0.15) is 13.2 Å². The van der Waals surface area contributed by atoms with E-state index in [0.29, 0.717) is 5.69 Å². The molecular formula is C22H17F3N2O2. The molecule has 0 bridgehead atoms. The number of carbonyl (C=O) groups excluding carboxylic acids is 2. The van der Waals surface area contributed by atoms with Gasteiger partial charge in [0, 0.05) is 16.9 Å². The average Bonchev–Trinajstić information content (AvgIpc) is 2.68. The van der Waals surface area contributed by atoms with Crippen LogP contribution in [0, 0.1) is 0 Å². The highest BCUT2D eigenvalue weighted by Crippen LogP contribution is 2.30. The van der Waals surface area contributed by atoms with Crippen molar-refractivity contribution >= 4 is 23.2 Å². The lowest BCUT2D eigenvalue weighted by atomic mass is 10.1. The topological polar surface area (TPSA) is 58.2 Å². The Kier molecular flexibility index (Phi) is 5.97. The summed E-state index contributed by atoms with van der Waals surface area (Å²) < 4.78 is 38.4. The van der Waals surface area contributed by atoms with Crippen LogP contribution in [0.5, 0.6) is 0 Å². The van der Waals surface area contributed by atoms with Gasteiger partial charge in [-0.1, -0.05) is 42.5 Å². The van der Waals surface area contributed by atoms with E-state index in [2.05, 4.69) is 10.6 Å². The van der Waals surface area contributed by atoms with Crippen molar-refractivity contribution in [3.63, 3.8) is 0 Å². The van der Waals surface area contributed by atoms with Crippen LogP contribution in [0.15, 0.2) is 78.9 Å². The van der Waals surface area contributed by atoms with Gasteiger partial charge in [0.15, 0.2) is 0 Å². The van der Waals surface area contributed by atoms with Crippen molar-refractivity contribution in [2.75, 3.05) is 10.6 Å². The van der Waals surface area contributed by atoms with Crippen LogP contribution >= 0.6 is 0 Å². The average molecular weight is 398 g/mol. The zero-order chi connectivity index (χ0) is 20.9. The highest BCUT2D eigenvalue weighted by Gasteiger charge is 2.30. The SMILES string of the molecule is O=C(Cc1ccccc1)Nc1cccc(C(=O)Nc2cccc(C(F)(F)F)c2)c1. The van der Waals surface area contributed by atoms with Gasteiger partial charge in [0.1, 0.15) is 0 Å². The number of hydrogen-bond acceptors (Lipinski definition) is 2. The fourth-order valence-electron chi connectivity index (χ4n) is 2.70. The Labute approximate surface area is 165 Å². The monoisotopic (exact) mass is 398 g/mol. The summed E-state index contributed by atoms with van der Waals surface area (Å²) in [4.78, 5) is 24.6. The number of anilines is 2. The van der Waals surface area contributed by atoms with Crippen LogP contribution in [-0.2, 0) is 17.4 Å². The summed E-state index contributed by atoms with van der Waals surface area (Å²) in [5.74, 6) is -0.824. The third-order valence-electron chi connectivity index (χ3n) is 4.06. The fraction of sp³-hybridized carbons (Fsp3) is 0.0909. The molecule has 29 heavy (non-hydrogen) atoms. The van der Waals surface area contributed by atoms with E-state index in [1.165, 1.54) is 24.3 Å². The number of nitrogens with one attached hydrogen (secondary N) is 2. The first-order valence-electron chi connectivity index (χ1n) is 8.74. The molecule has 4 nitrogen and oxygen atoms in total. The lowest BCUT2D eigenvalue weighted by Gasteiger charge is -2.11. The van der Waals surface area contributed by atoms with Crippen LogP contribution in [0.2, 0.25) is 0 Å². The molecule has 0 aliphatic rings. The van der Waals surface area contributed by atoms with E-state index in [1.807, 2.05) is 30.3 Å². The second kappa shape index (κ2) is 8.60. The molecule has 3 rings (SSSR count). The second-order valence-electron chi connectivity index (χ2n) is 6.32. The highest BCUT2D eigenvalue weighted by atomic mass is 19.4. The molecule has 2 amide bonds. The molecule has 0 saturated carbocycles. The molecule has 7 heteroatoms. The molecule has 0 unspecified atom stereocenters. The molecule has 0 aliphatic heterocycles. The standard InChI is InChI=1S/C22H17F3N2O2/c23-22(24,25)17-9-5-11-19(14-17)27-21(29)16-8-4-10-18(13-16)26-20(28)12-15-6-2-1-3-7-15/h1-11,13-14H,12H2,(H,26,28)(H,27,29). The Hall–Kier alpha value is -3.61. The van der Waals surface area contributed by atoms with Gasteiger partial charge in [-0.3, -0.25) is 9.59 Å². The number of alkyl halides is 3. The summed E-state index contributed by atoms with van der Waals surface area (Å²) in [7, 11) is 0. The smallest absolute Gasteiger partial charge is 0.326 e. The first-order valence-corrected chi connectivity index (χ1v) is 8.74. The molecule has 0 saturated heterocycles. The molecule has 2 N–H and O–H groups in total. The maximum atomic E-state index is 12.8. The van der Waals surface area contributed by atoms with Crippen LogP contribution in [0.25, 0.3) is 0 Å². The van der Waals surface area contributed by atoms with Crippen molar-refractivity contribution in [2.45, 2.75) is 12.6 Å². The number of amides is 2. The van der Waals surface area contributed by atoms with Crippen molar-refractivity contribution in [3.8, 4) is 0 Å². The lowest BCUT2D eigenvalue weighted by molar-refractivity contribution is -0.137. The van der Waals surface area contributed by atoms with Gasteiger partial charge < -0.3 is 10.6 Å². The number of halogens is 3. The Morgan fingerprint density at radius 2 is 1.41 bits per heavy atom. The third kappa shape index (κ3) is 5.68. The van der Waals surface area contributed by atoms with E-state index in [1.54, 1.807) is 12.1 Å². The number of carbonyl (C=O) groups is 2. The van der Waals surface area contributed by atoms with Gasteiger partial charge in [0.05, 0.1) is 12.0 Å². The second-order valence-corrected chi connectivity index (χ2v) is 6.32. The van der Waals surface area contributed by atoms with Gasteiger partial charge >= 0.3 is 6.18 Å². The molecule has 0 radical (unpaired) electrons. The van der Waals surface area contributed by atoms with Crippen molar-refractivity contribution < 1.29 is 22.8 Å². The predicted molar refractivity (Wildman–Crippen MR) is 105 cm³/mol. The summed E-state index contributed by atoms with van der Waals surface area (Å²) in [5.41, 5.74) is 0.659. The van der Waals surface area contributed by atoms with Crippen LogP contribution in [0.1, 0.15) is 21.5 Å². The van der Waals surface area contributed by atoms with Crippen LogP contribution in [0.4, 0.5) is 24.5 Å². The molecule has 0 aromatic heterocycles. The summed E-state index contributed by atoms with van der Waals surface area (Å²) >= 11 is 0. The lowest BCUT2D eigenvalue weighted by Crippen LogP contribution is -2.16. The third-order valence-corrected chi connectivity index (χ3v) is 4.06. The molecule has 3 aromatic carbocycles. The van der Waals surface area contributed by atoms with Crippen molar-refractivity contribution in [1.82, 2.24) is 0 Å².